The number of carbonyl (C=O) groups excluding carboxylic acids is 1. The Labute approximate surface area is 159 Å². The summed E-state index contributed by atoms with van der Waals surface area (Å²) in [4.78, 5) is 15.4. The van der Waals surface area contributed by atoms with Crippen LogP contribution in [0.2, 0.25) is 0 Å². The topological polar surface area (TPSA) is 104 Å². The first-order chi connectivity index (χ1) is 13.2. The van der Waals surface area contributed by atoms with Crippen LogP contribution in [0.25, 0.3) is 0 Å². The molecule has 0 bridgehead atoms. The normalized spacial score (nSPS) is 15.3. The number of nitrogens with two attached hydrogens (primary N) is 1. The third kappa shape index (κ3) is 5.23. The molecule has 1 amide bonds. The fourth-order valence-electron chi connectivity index (χ4n) is 3.47. The van der Waals surface area contributed by atoms with Crippen molar-refractivity contribution in [1.29, 1.82) is 5.53 Å². The highest BCUT2D eigenvalue weighted by Gasteiger charge is 2.15. The molecule has 6 nitrogen and oxygen atoms in total. The molecule has 1 aliphatic carbocycles. The van der Waals surface area contributed by atoms with Crippen LogP contribution in [0.1, 0.15) is 59.5 Å². The van der Waals surface area contributed by atoms with E-state index in [-0.39, 0.29) is 5.96 Å². The second-order valence-corrected chi connectivity index (χ2v) is 6.89. The second-order valence-electron chi connectivity index (χ2n) is 6.89. The summed E-state index contributed by atoms with van der Waals surface area (Å²) in [5.74, 6) is -0.124. The SMILES string of the molecule is N=NC(N)=NC(=O)c1ccc(CNc2ccc(C3CCCCC3)cc2)cc1. The van der Waals surface area contributed by atoms with Crippen molar-refractivity contribution in [2.24, 2.45) is 15.8 Å². The van der Waals surface area contributed by atoms with Gasteiger partial charge >= 0.3 is 0 Å². The minimum absolute atomic E-state index is 0.345. The molecule has 2 aromatic rings. The molecule has 0 heterocycles. The highest BCUT2D eigenvalue weighted by atomic mass is 16.1. The van der Waals surface area contributed by atoms with Crippen molar-refractivity contribution in [3.05, 3.63) is 65.2 Å². The molecule has 0 aliphatic heterocycles. The summed E-state index contributed by atoms with van der Waals surface area (Å²) in [5.41, 5.74) is 16.0. The molecule has 0 aromatic heterocycles. The van der Waals surface area contributed by atoms with E-state index in [2.05, 4.69) is 39.7 Å². The molecule has 0 unspecified atom stereocenters. The maximum Gasteiger partial charge on any atom is 0.280 e. The molecular formula is C21H25N5O. The Morgan fingerprint density at radius 2 is 1.70 bits per heavy atom. The average molecular weight is 363 g/mol. The number of nitrogens with zero attached hydrogens (tertiary/aromatic N) is 2. The van der Waals surface area contributed by atoms with Crippen LogP contribution in [0.5, 0.6) is 0 Å². The van der Waals surface area contributed by atoms with Crippen LogP contribution in [0, 0.1) is 5.53 Å². The van der Waals surface area contributed by atoms with E-state index in [0.29, 0.717) is 12.1 Å². The van der Waals surface area contributed by atoms with E-state index < -0.39 is 5.91 Å². The number of guanidine groups is 1. The first-order valence-corrected chi connectivity index (χ1v) is 9.34. The number of carbonyl (C=O) groups is 1. The van der Waals surface area contributed by atoms with Crippen molar-refractivity contribution in [2.75, 3.05) is 5.32 Å². The first kappa shape index (κ1) is 18.8. The Balaban J connectivity index is 1.55. The lowest BCUT2D eigenvalue weighted by Crippen LogP contribution is -2.10. The standard InChI is InChI=1S/C21H25N5O/c22-21(26-23)25-20(27)18-8-6-15(7-9-18)14-24-19-12-10-17(11-13-19)16-4-2-1-3-5-16/h6-13,16,23-24H,1-5,14H2,(H2,22,25,27). The lowest BCUT2D eigenvalue weighted by Gasteiger charge is -2.22. The Morgan fingerprint density at radius 1 is 1.04 bits per heavy atom. The lowest BCUT2D eigenvalue weighted by molar-refractivity contribution is 0.100. The summed E-state index contributed by atoms with van der Waals surface area (Å²) >= 11 is 0. The molecule has 1 aliphatic rings. The molecule has 6 heteroatoms. The Bertz CT molecular complexity index is 805. The van der Waals surface area contributed by atoms with Crippen molar-refractivity contribution in [1.82, 2.24) is 0 Å². The van der Waals surface area contributed by atoms with E-state index in [1.807, 2.05) is 12.1 Å². The first-order valence-electron chi connectivity index (χ1n) is 9.34. The molecule has 140 valence electrons. The van der Waals surface area contributed by atoms with E-state index in [4.69, 9.17) is 11.3 Å². The zero-order valence-corrected chi connectivity index (χ0v) is 15.3. The van der Waals surface area contributed by atoms with Gasteiger partial charge in [0.15, 0.2) is 0 Å². The molecule has 0 atom stereocenters. The average Bonchev–Trinajstić information content (AvgIpc) is 2.73. The summed E-state index contributed by atoms with van der Waals surface area (Å²) in [6.07, 6.45) is 6.69. The highest BCUT2D eigenvalue weighted by Crippen LogP contribution is 2.33. The van der Waals surface area contributed by atoms with Crippen LogP contribution in [0.3, 0.4) is 0 Å². The fourth-order valence-corrected chi connectivity index (χ4v) is 3.47. The van der Waals surface area contributed by atoms with Gasteiger partial charge in [-0.25, -0.2) is 5.53 Å². The number of hydrogen-bond donors (Lipinski definition) is 3. The van der Waals surface area contributed by atoms with Gasteiger partial charge in [-0.05, 0) is 54.2 Å². The number of aliphatic imine (C=N–C) groups is 1. The smallest absolute Gasteiger partial charge is 0.280 e. The molecule has 0 radical (unpaired) electrons. The van der Waals surface area contributed by atoms with Crippen molar-refractivity contribution in [3.63, 3.8) is 0 Å². The molecule has 0 saturated heterocycles. The Kier molecular flexibility index (Phi) is 6.30. The second kappa shape index (κ2) is 9.07. The van der Waals surface area contributed by atoms with E-state index in [1.54, 1.807) is 12.1 Å². The van der Waals surface area contributed by atoms with Gasteiger partial charge in [0.25, 0.3) is 5.91 Å². The van der Waals surface area contributed by atoms with E-state index >= 15 is 0 Å². The van der Waals surface area contributed by atoms with Gasteiger partial charge in [-0.3, -0.25) is 4.79 Å². The minimum Gasteiger partial charge on any atom is -0.381 e. The number of benzene rings is 2. The number of amides is 1. The lowest BCUT2D eigenvalue weighted by atomic mass is 9.84. The maximum absolute atomic E-state index is 11.8. The van der Waals surface area contributed by atoms with E-state index in [0.717, 1.165) is 17.2 Å². The predicted molar refractivity (Wildman–Crippen MR) is 107 cm³/mol. The van der Waals surface area contributed by atoms with Gasteiger partial charge in [0, 0.05) is 17.8 Å². The van der Waals surface area contributed by atoms with Gasteiger partial charge in [0.05, 0.1) is 0 Å². The quantitative estimate of drug-likeness (QED) is 0.402. The molecule has 4 N–H and O–H groups in total. The third-order valence-electron chi connectivity index (χ3n) is 5.02. The zero-order valence-electron chi connectivity index (χ0n) is 15.3. The van der Waals surface area contributed by atoms with E-state index in [1.165, 1.54) is 37.7 Å². The van der Waals surface area contributed by atoms with Gasteiger partial charge in [-0.1, -0.05) is 43.5 Å². The number of anilines is 1. The van der Waals surface area contributed by atoms with Gasteiger partial charge in [-0.2, -0.15) is 4.99 Å². The maximum atomic E-state index is 11.8. The van der Waals surface area contributed by atoms with E-state index in [9.17, 15) is 4.79 Å². The van der Waals surface area contributed by atoms with Crippen LogP contribution in [0.15, 0.2) is 58.6 Å². The Morgan fingerprint density at radius 3 is 2.33 bits per heavy atom. The summed E-state index contributed by atoms with van der Waals surface area (Å²) in [6, 6.07) is 15.9. The number of hydrogen-bond acceptors (Lipinski definition) is 3. The third-order valence-corrected chi connectivity index (χ3v) is 5.02. The molecule has 0 spiro atoms. The molecular weight excluding hydrogens is 338 g/mol. The van der Waals surface area contributed by atoms with Crippen molar-refractivity contribution in [3.8, 4) is 0 Å². The van der Waals surface area contributed by atoms with Crippen LogP contribution in [-0.4, -0.2) is 11.9 Å². The highest BCUT2D eigenvalue weighted by molar-refractivity contribution is 6.02. The van der Waals surface area contributed by atoms with Crippen LogP contribution < -0.4 is 11.1 Å². The number of nitrogens with one attached hydrogen (secondary N) is 2. The molecule has 1 fully saturated rings. The van der Waals surface area contributed by atoms with Crippen molar-refractivity contribution in [2.45, 2.75) is 44.6 Å². The molecule has 3 rings (SSSR count). The molecule has 27 heavy (non-hydrogen) atoms. The predicted octanol–water partition coefficient (Wildman–Crippen LogP) is 4.83. The summed E-state index contributed by atoms with van der Waals surface area (Å²) in [6.45, 7) is 0.671. The minimum atomic E-state index is -0.499. The van der Waals surface area contributed by atoms with Crippen LogP contribution >= 0.6 is 0 Å². The number of rotatable bonds is 5. The summed E-state index contributed by atoms with van der Waals surface area (Å²) < 4.78 is 0. The van der Waals surface area contributed by atoms with Gasteiger partial charge in [-0.15, -0.1) is 5.11 Å². The fraction of sp³-hybridized carbons (Fsp3) is 0.333. The van der Waals surface area contributed by atoms with Gasteiger partial charge in [0.2, 0.25) is 5.96 Å². The Hall–Kier alpha value is -3.02. The van der Waals surface area contributed by atoms with Crippen LogP contribution in [0.4, 0.5) is 5.69 Å². The van der Waals surface area contributed by atoms with Crippen molar-refractivity contribution < 1.29 is 4.79 Å². The van der Waals surface area contributed by atoms with Gasteiger partial charge in [0.1, 0.15) is 0 Å². The monoisotopic (exact) mass is 363 g/mol. The summed E-state index contributed by atoms with van der Waals surface area (Å²) in [7, 11) is 0. The molecule has 2 aromatic carbocycles. The molecule has 1 saturated carbocycles. The summed E-state index contributed by atoms with van der Waals surface area (Å²) in [5, 5.41) is 6.33. The largest absolute Gasteiger partial charge is 0.381 e. The van der Waals surface area contributed by atoms with Crippen LogP contribution in [-0.2, 0) is 6.54 Å². The van der Waals surface area contributed by atoms with Gasteiger partial charge < -0.3 is 11.1 Å². The van der Waals surface area contributed by atoms with Crippen molar-refractivity contribution >= 4 is 17.6 Å². The zero-order chi connectivity index (χ0) is 19.1.